The van der Waals surface area contributed by atoms with Crippen LogP contribution < -0.4 is 10.2 Å². The van der Waals surface area contributed by atoms with E-state index in [0.717, 1.165) is 30.4 Å². The zero-order valence-corrected chi connectivity index (χ0v) is 18.5. The summed E-state index contributed by atoms with van der Waals surface area (Å²) >= 11 is 0. The Kier molecular flexibility index (Phi) is 5.55. The normalized spacial score (nSPS) is 17.2. The molecule has 3 heterocycles. The van der Waals surface area contributed by atoms with Gasteiger partial charge in [-0.2, -0.15) is 0 Å². The molecule has 1 saturated carbocycles. The first-order chi connectivity index (χ1) is 15.9. The summed E-state index contributed by atoms with van der Waals surface area (Å²) < 4.78 is 41.0. The van der Waals surface area contributed by atoms with Crippen molar-refractivity contribution in [3.05, 3.63) is 65.6 Å². The molecule has 2 aliphatic rings. The van der Waals surface area contributed by atoms with Crippen LogP contribution in [0.25, 0.3) is 10.9 Å². The Morgan fingerprint density at radius 2 is 1.88 bits per heavy atom. The molecule has 0 spiro atoms. The van der Waals surface area contributed by atoms with E-state index in [1.54, 1.807) is 20.0 Å². The molecule has 3 aromatic rings. The number of hydrogen-bond donors (Lipinski definition) is 1. The van der Waals surface area contributed by atoms with Crippen molar-refractivity contribution in [1.82, 2.24) is 19.9 Å². The molecule has 0 saturated heterocycles. The smallest absolute Gasteiger partial charge is 0.266 e. The summed E-state index contributed by atoms with van der Waals surface area (Å²) in [5, 5.41) is 3.94. The molecule has 6 nitrogen and oxygen atoms in total. The Morgan fingerprint density at radius 3 is 2.58 bits per heavy atom. The van der Waals surface area contributed by atoms with Gasteiger partial charge in [0.2, 0.25) is 0 Å². The van der Waals surface area contributed by atoms with Gasteiger partial charge in [0.25, 0.3) is 6.43 Å². The first-order valence-corrected chi connectivity index (χ1v) is 11.1. The molecule has 1 fully saturated rings. The summed E-state index contributed by atoms with van der Waals surface area (Å²) in [7, 11) is 0. The van der Waals surface area contributed by atoms with Crippen LogP contribution >= 0.6 is 0 Å². The lowest BCUT2D eigenvalue weighted by atomic mass is 10.0. The minimum absolute atomic E-state index is 0.158. The number of pyridine rings is 1. The number of benzene rings is 1. The van der Waals surface area contributed by atoms with E-state index in [9.17, 15) is 13.2 Å². The van der Waals surface area contributed by atoms with Crippen molar-refractivity contribution in [2.45, 2.75) is 45.2 Å². The van der Waals surface area contributed by atoms with Gasteiger partial charge in [-0.1, -0.05) is 18.2 Å². The van der Waals surface area contributed by atoms with Gasteiger partial charge in [0.05, 0.1) is 23.3 Å². The molecule has 1 aliphatic carbocycles. The highest BCUT2D eigenvalue weighted by atomic mass is 19.3. The molecule has 33 heavy (non-hydrogen) atoms. The second kappa shape index (κ2) is 8.53. The third-order valence-corrected chi connectivity index (χ3v) is 6.14. The molecule has 9 heteroatoms. The van der Waals surface area contributed by atoms with Crippen LogP contribution in [0.3, 0.4) is 0 Å². The standard InChI is InChI=1S/C24H25F3N6/c1-14(17-4-3-5-18(22(17)25)23(26)27)29-24-19-12-21(28-13-20(19)30-15(2)31-24)33-10-8-32(9-11-33)16-6-7-16/h3-5,8,10,12-14,16,23H,6-7,9,11H2,1-2H3,(H,29,30,31)/t14-/m1/s1. The maximum absolute atomic E-state index is 14.7. The Bertz CT molecular complexity index is 1210. The first kappa shape index (κ1) is 21.5. The fraction of sp³-hybridized carbons (Fsp3) is 0.375. The van der Waals surface area contributed by atoms with Crippen molar-refractivity contribution in [3.63, 3.8) is 0 Å². The Balaban J connectivity index is 1.46. The predicted molar refractivity (Wildman–Crippen MR) is 122 cm³/mol. The number of fused-ring (bicyclic) bond motifs is 1. The second-order valence-electron chi connectivity index (χ2n) is 8.56. The van der Waals surface area contributed by atoms with E-state index in [2.05, 4.69) is 36.3 Å². The molecule has 1 aromatic carbocycles. The van der Waals surface area contributed by atoms with Crippen LogP contribution in [0.4, 0.5) is 24.8 Å². The number of anilines is 2. The second-order valence-corrected chi connectivity index (χ2v) is 8.56. The zero-order chi connectivity index (χ0) is 23.1. The third kappa shape index (κ3) is 4.31. The van der Waals surface area contributed by atoms with Gasteiger partial charge < -0.3 is 15.1 Å². The number of nitrogens with one attached hydrogen (secondary N) is 1. The van der Waals surface area contributed by atoms with Gasteiger partial charge >= 0.3 is 0 Å². The highest BCUT2D eigenvalue weighted by molar-refractivity contribution is 5.90. The summed E-state index contributed by atoms with van der Waals surface area (Å²) in [4.78, 5) is 18.0. The molecular formula is C24H25F3N6. The topological polar surface area (TPSA) is 57.2 Å². The maximum Gasteiger partial charge on any atom is 0.266 e. The van der Waals surface area contributed by atoms with Gasteiger partial charge in [-0.25, -0.2) is 28.1 Å². The van der Waals surface area contributed by atoms with Gasteiger partial charge in [0.15, 0.2) is 0 Å². The Hall–Kier alpha value is -3.36. The number of nitrogens with zero attached hydrogens (tertiary/aromatic N) is 5. The van der Waals surface area contributed by atoms with Gasteiger partial charge in [-0.3, -0.25) is 0 Å². The molecule has 1 N–H and O–H groups in total. The van der Waals surface area contributed by atoms with Crippen molar-refractivity contribution in [2.75, 3.05) is 23.3 Å². The van der Waals surface area contributed by atoms with Gasteiger partial charge in [-0.05, 0) is 32.8 Å². The van der Waals surface area contributed by atoms with E-state index in [1.807, 2.05) is 12.3 Å². The summed E-state index contributed by atoms with van der Waals surface area (Å²) in [5.74, 6) is 0.912. The molecule has 172 valence electrons. The molecule has 0 radical (unpaired) electrons. The van der Waals surface area contributed by atoms with E-state index < -0.39 is 23.8 Å². The Morgan fingerprint density at radius 1 is 1.09 bits per heavy atom. The highest BCUT2D eigenvalue weighted by Crippen LogP contribution is 2.32. The van der Waals surface area contributed by atoms with E-state index in [1.165, 1.54) is 25.0 Å². The maximum atomic E-state index is 14.7. The van der Waals surface area contributed by atoms with E-state index in [0.29, 0.717) is 23.2 Å². The van der Waals surface area contributed by atoms with Crippen LogP contribution in [0.2, 0.25) is 0 Å². The summed E-state index contributed by atoms with van der Waals surface area (Å²) in [5.41, 5.74) is 0.211. The number of aromatic nitrogens is 3. The quantitative estimate of drug-likeness (QED) is 0.543. The van der Waals surface area contributed by atoms with Crippen LogP contribution in [0, 0.1) is 12.7 Å². The monoisotopic (exact) mass is 454 g/mol. The van der Waals surface area contributed by atoms with Crippen LogP contribution in [-0.2, 0) is 0 Å². The molecule has 1 atom stereocenters. The largest absolute Gasteiger partial charge is 0.371 e. The number of hydrogen-bond acceptors (Lipinski definition) is 6. The lowest BCUT2D eigenvalue weighted by Gasteiger charge is -2.31. The fourth-order valence-corrected chi connectivity index (χ4v) is 4.20. The average Bonchev–Trinajstić information content (AvgIpc) is 3.64. The fourth-order valence-electron chi connectivity index (χ4n) is 4.20. The van der Waals surface area contributed by atoms with Crippen molar-refractivity contribution < 1.29 is 13.2 Å². The molecule has 5 rings (SSSR count). The SMILES string of the molecule is Cc1nc(N[C@H](C)c2cccc(C(F)F)c2F)c2cc(N3C=CN(C4CC4)CC3)ncc2n1. The first-order valence-electron chi connectivity index (χ1n) is 11.1. The highest BCUT2D eigenvalue weighted by Gasteiger charge is 2.28. The lowest BCUT2D eigenvalue weighted by Crippen LogP contribution is -2.36. The van der Waals surface area contributed by atoms with E-state index >= 15 is 0 Å². The zero-order valence-electron chi connectivity index (χ0n) is 18.5. The molecule has 0 amide bonds. The minimum Gasteiger partial charge on any atom is -0.371 e. The lowest BCUT2D eigenvalue weighted by molar-refractivity contribution is 0.146. The van der Waals surface area contributed by atoms with Crippen LogP contribution in [0.15, 0.2) is 42.9 Å². The molecular weight excluding hydrogens is 429 g/mol. The van der Waals surface area contributed by atoms with Crippen molar-refractivity contribution >= 4 is 22.5 Å². The van der Waals surface area contributed by atoms with Crippen LogP contribution in [-0.4, -0.2) is 39.0 Å². The predicted octanol–water partition coefficient (Wildman–Crippen LogP) is 5.34. The number of alkyl halides is 2. The molecule has 0 unspecified atom stereocenters. The van der Waals surface area contributed by atoms with Crippen LogP contribution in [0.5, 0.6) is 0 Å². The van der Waals surface area contributed by atoms with Crippen molar-refractivity contribution in [2.24, 2.45) is 0 Å². The molecule has 2 aromatic heterocycles. The summed E-state index contributed by atoms with van der Waals surface area (Å²) in [6.07, 6.45) is 5.48. The molecule has 0 bridgehead atoms. The van der Waals surface area contributed by atoms with Crippen LogP contribution in [0.1, 0.15) is 49.2 Å². The minimum atomic E-state index is -2.87. The number of aryl methyl sites for hydroxylation is 1. The van der Waals surface area contributed by atoms with E-state index in [-0.39, 0.29) is 5.56 Å². The van der Waals surface area contributed by atoms with E-state index in [4.69, 9.17) is 0 Å². The summed E-state index contributed by atoms with van der Waals surface area (Å²) in [6.45, 7) is 5.25. The molecule has 1 aliphatic heterocycles. The Labute approximate surface area is 190 Å². The van der Waals surface area contributed by atoms with Crippen molar-refractivity contribution in [1.29, 1.82) is 0 Å². The van der Waals surface area contributed by atoms with Crippen molar-refractivity contribution in [3.8, 4) is 0 Å². The number of rotatable bonds is 6. The average molecular weight is 455 g/mol. The van der Waals surface area contributed by atoms with Gasteiger partial charge in [0.1, 0.15) is 23.3 Å². The number of halogens is 3. The van der Waals surface area contributed by atoms with Gasteiger partial charge in [-0.15, -0.1) is 0 Å². The summed E-state index contributed by atoms with van der Waals surface area (Å²) in [6, 6.07) is 6.05. The van der Waals surface area contributed by atoms with Gasteiger partial charge in [0, 0.05) is 42.5 Å². The third-order valence-electron chi connectivity index (χ3n) is 6.14.